The highest BCUT2D eigenvalue weighted by Gasteiger charge is 2.17. The number of carboxylic acids is 1. The van der Waals surface area contributed by atoms with Crippen molar-refractivity contribution < 1.29 is 9.90 Å². The van der Waals surface area contributed by atoms with Crippen molar-refractivity contribution in [3.63, 3.8) is 0 Å². The Morgan fingerprint density at radius 1 is 1.25 bits per heavy atom. The van der Waals surface area contributed by atoms with E-state index < -0.39 is 5.97 Å². The lowest BCUT2D eigenvalue weighted by Gasteiger charge is -2.27. The Morgan fingerprint density at radius 2 is 1.95 bits per heavy atom. The van der Waals surface area contributed by atoms with E-state index in [-0.39, 0.29) is 0 Å². The first kappa shape index (κ1) is 15.1. The van der Waals surface area contributed by atoms with Gasteiger partial charge in [-0.05, 0) is 44.3 Å². The first-order valence-electron chi connectivity index (χ1n) is 7.71. The molecule has 0 saturated carbocycles. The zero-order valence-electron chi connectivity index (χ0n) is 12.6. The second-order valence-corrected chi connectivity index (χ2v) is 6.17. The fourth-order valence-corrected chi connectivity index (χ4v) is 2.96. The van der Waals surface area contributed by atoms with Gasteiger partial charge in [-0.3, -0.25) is 0 Å². The normalized spacial score (nSPS) is 16.8. The molecule has 4 nitrogen and oxygen atoms in total. The van der Waals surface area contributed by atoms with E-state index >= 15 is 0 Å². The van der Waals surface area contributed by atoms with Crippen molar-refractivity contribution in [1.29, 1.82) is 0 Å². The Kier molecular flexibility index (Phi) is 5.24. The maximum atomic E-state index is 11.3. The molecule has 112 valence electrons. The minimum absolute atomic E-state index is 0.469. The smallest absolute Gasteiger partial charge is 0.337 e. The summed E-state index contributed by atoms with van der Waals surface area (Å²) >= 11 is 0. The maximum absolute atomic E-state index is 11.3. The summed E-state index contributed by atoms with van der Waals surface area (Å²) in [7, 11) is 0. The Balaban J connectivity index is 2.04. The predicted molar refractivity (Wildman–Crippen MR) is 80.2 cm³/mol. The fourth-order valence-electron chi connectivity index (χ4n) is 2.96. The lowest BCUT2D eigenvalue weighted by Crippen LogP contribution is -2.32. The summed E-state index contributed by atoms with van der Waals surface area (Å²) in [5.41, 5.74) is 1.45. The molecule has 20 heavy (non-hydrogen) atoms. The van der Waals surface area contributed by atoms with E-state index in [1.165, 1.54) is 32.4 Å². The molecule has 0 spiro atoms. The highest BCUT2D eigenvalue weighted by molar-refractivity contribution is 5.89. The van der Waals surface area contributed by atoms with E-state index in [0.717, 1.165) is 25.2 Å². The van der Waals surface area contributed by atoms with Crippen LogP contribution in [-0.4, -0.2) is 40.2 Å². The zero-order chi connectivity index (χ0) is 14.5. The zero-order valence-corrected chi connectivity index (χ0v) is 12.6. The van der Waals surface area contributed by atoms with Gasteiger partial charge in [-0.15, -0.1) is 0 Å². The minimum Gasteiger partial charge on any atom is -0.478 e. The monoisotopic (exact) mass is 278 g/mol. The van der Waals surface area contributed by atoms with Crippen LogP contribution in [0.3, 0.4) is 0 Å². The first-order chi connectivity index (χ1) is 9.58. The Hall–Kier alpha value is -1.29. The first-order valence-corrected chi connectivity index (χ1v) is 7.71. The van der Waals surface area contributed by atoms with E-state index in [0.29, 0.717) is 11.5 Å². The van der Waals surface area contributed by atoms with Crippen molar-refractivity contribution in [2.45, 2.75) is 46.1 Å². The topological polar surface area (TPSA) is 45.5 Å². The average Bonchev–Trinajstić information content (AvgIpc) is 2.80. The minimum atomic E-state index is -0.808. The molecule has 1 N–H and O–H groups in total. The summed E-state index contributed by atoms with van der Waals surface area (Å²) in [6.45, 7) is 8.56. The summed E-state index contributed by atoms with van der Waals surface area (Å²) in [6.07, 6.45) is 6.71. The molecule has 2 rings (SSSR count). The molecule has 0 atom stereocenters. The summed E-state index contributed by atoms with van der Waals surface area (Å²) in [6, 6.07) is 1.75. The van der Waals surface area contributed by atoms with Gasteiger partial charge in [-0.25, -0.2) is 4.79 Å². The van der Waals surface area contributed by atoms with Crippen LogP contribution in [0.5, 0.6) is 0 Å². The number of hydrogen-bond acceptors (Lipinski definition) is 2. The number of carbonyl (C=O) groups is 1. The lowest BCUT2D eigenvalue weighted by molar-refractivity contribution is 0.0695. The van der Waals surface area contributed by atoms with E-state index in [4.69, 9.17) is 0 Å². The molecule has 0 amide bonds. The third-order valence-corrected chi connectivity index (χ3v) is 4.02. The predicted octanol–water partition coefficient (Wildman–Crippen LogP) is 2.87. The number of carboxylic acid groups (broad SMARTS) is 1. The van der Waals surface area contributed by atoms with Crippen LogP contribution in [0.4, 0.5) is 0 Å². The molecule has 1 aromatic rings. The van der Waals surface area contributed by atoms with Crippen LogP contribution < -0.4 is 0 Å². The number of nitrogens with zero attached hydrogens (tertiary/aromatic N) is 2. The van der Waals surface area contributed by atoms with Crippen LogP contribution in [0.2, 0.25) is 0 Å². The van der Waals surface area contributed by atoms with Crippen molar-refractivity contribution in [3.05, 3.63) is 23.5 Å². The number of hydrogen-bond donors (Lipinski definition) is 1. The largest absolute Gasteiger partial charge is 0.478 e. The third kappa shape index (κ3) is 3.85. The molecular formula is C16H26N2O2. The molecule has 0 radical (unpaired) electrons. The van der Waals surface area contributed by atoms with Gasteiger partial charge in [0.1, 0.15) is 0 Å². The molecule has 0 aliphatic carbocycles. The highest BCUT2D eigenvalue weighted by atomic mass is 16.4. The van der Waals surface area contributed by atoms with Crippen LogP contribution in [0, 0.1) is 5.92 Å². The number of aromatic carboxylic acids is 1. The summed E-state index contributed by atoms with van der Waals surface area (Å²) < 4.78 is 2.14. The van der Waals surface area contributed by atoms with Crippen LogP contribution in [0.1, 0.15) is 49.2 Å². The summed E-state index contributed by atoms with van der Waals surface area (Å²) in [5, 5.41) is 9.29. The van der Waals surface area contributed by atoms with Crippen LogP contribution in [-0.2, 0) is 13.0 Å². The number of aromatic nitrogens is 1. The molecule has 1 aliphatic rings. The molecule has 4 heteroatoms. The van der Waals surface area contributed by atoms with E-state index in [9.17, 15) is 9.90 Å². The van der Waals surface area contributed by atoms with Gasteiger partial charge in [-0.1, -0.05) is 20.3 Å². The van der Waals surface area contributed by atoms with Crippen LogP contribution in [0.15, 0.2) is 12.3 Å². The van der Waals surface area contributed by atoms with E-state index in [2.05, 4.69) is 23.3 Å². The van der Waals surface area contributed by atoms with Gasteiger partial charge in [0.05, 0.1) is 5.56 Å². The van der Waals surface area contributed by atoms with Gasteiger partial charge in [0.15, 0.2) is 0 Å². The van der Waals surface area contributed by atoms with Crippen molar-refractivity contribution in [2.75, 3.05) is 19.6 Å². The van der Waals surface area contributed by atoms with Crippen molar-refractivity contribution in [3.8, 4) is 0 Å². The van der Waals surface area contributed by atoms with Gasteiger partial charge in [-0.2, -0.15) is 0 Å². The molecule has 0 bridgehead atoms. The lowest BCUT2D eigenvalue weighted by atomic mass is 10.0. The average molecular weight is 278 g/mol. The van der Waals surface area contributed by atoms with Gasteiger partial charge < -0.3 is 14.6 Å². The quantitative estimate of drug-likeness (QED) is 0.870. The molecular weight excluding hydrogens is 252 g/mol. The third-order valence-electron chi connectivity index (χ3n) is 4.02. The van der Waals surface area contributed by atoms with E-state index in [1.54, 1.807) is 6.07 Å². The van der Waals surface area contributed by atoms with Crippen molar-refractivity contribution in [1.82, 2.24) is 9.47 Å². The van der Waals surface area contributed by atoms with Crippen LogP contribution >= 0.6 is 0 Å². The second-order valence-electron chi connectivity index (χ2n) is 6.17. The van der Waals surface area contributed by atoms with Gasteiger partial charge in [0, 0.05) is 25.0 Å². The van der Waals surface area contributed by atoms with Crippen molar-refractivity contribution in [2.24, 2.45) is 5.92 Å². The molecule has 1 aromatic heterocycles. The van der Waals surface area contributed by atoms with Gasteiger partial charge >= 0.3 is 5.97 Å². The van der Waals surface area contributed by atoms with Gasteiger partial charge in [0.25, 0.3) is 0 Å². The Labute approximate surface area is 121 Å². The number of piperidine rings is 1. The van der Waals surface area contributed by atoms with Gasteiger partial charge in [0.2, 0.25) is 0 Å². The van der Waals surface area contributed by atoms with E-state index in [1.807, 2.05) is 6.20 Å². The summed E-state index contributed by atoms with van der Waals surface area (Å²) in [5.74, 6) is -0.339. The van der Waals surface area contributed by atoms with Crippen molar-refractivity contribution >= 4 is 5.97 Å². The molecule has 1 fully saturated rings. The fraction of sp³-hybridized carbons (Fsp3) is 0.688. The summed E-state index contributed by atoms with van der Waals surface area (Å²) in [4.78, 5) is 13.8. The number of likely N-dealkylation sites (tertiary alicyclic amines) is 1. The standard InChI is InChI=1S/C16H26N2O2/c1-13(2)12-15-14(16(19)20)6-9-18(15)11-10-17-7-4-3-5-8-17/h6,9,13H,3-5,7-8,10-12H2,1-2H3,(H,19,20). The molecule has 1 saturated heterocycles. The van der Waals surface area contributed by atoms with Crippen LogP contribution in [0.25, 0.3) is 0 Å². The Morgan fingerprint density at radius 3 is 2.55 bits per heavy atom. The highest BCUT2D eigenvalue weighted by Crippen LogP contribution is 2.17. The molecule has 1 aliphatic heterocycles. The maximum Gasteiger partial charge on any atom is 0.337 e. The second kappa shape index (κ2) is 6.93. The Bertz CT molecular complexity index is 445. The molecule has 0 unspecified atom stereocenters. The number of rotatable bonds is 6. The SMILES string of the molecule is CC(C)Cc1c(C(=O)O)ccn1CCN1CCCCC1. The molecule has 2 heterocycles. The molecule has 0 aromatic carbocycles.